The van der Waals surface area contributed by atoms with Crippen molar-refractivity contribution in [2.75, 3.05) is 26.4 Å². The van der Waals surface area contributed by atoms with Crippen LogP contribution in [0.5, 0.6) is 0 Å². The average Bonchev–Trinajstić information content (AvgIpc) is 2.87. The lowest BCUT2D eigenvalue weighted by atomic mass is 9.97. The summed E-state index contributed by atoms with van der Waals surface area (Å²) >= 11 is 0. The van der Waals surface area contributed by atoms with Crippen LogP contribution < -0.4 is 10.5 Å². The Morgan fingerprint density at radius 3 is 2.60 bits per heavy atom. The fourth-order valence-corrected chi connectivity index (χ4v) is 3.95. The molecule has 0 atom stereocenters. The first-order valence-corrected chi connectivity index (χ1v) is 8.23. The molecule has 1 aliphatic rings. The van der Waals surface area contributed by atoms with E-state index >= 15 is 0 Å². The highest BCUT2D eigenvalue weighted by Crippen LogP contribution is 2.33. The van der Waals surface area contributed by atoms with Crippen molar-refractivity contribution in [1.29, 1.82) is 0 Å². The number of anilines is 1. The number of likely N-dealkylation sites (N-methyl/N-ethyl adjacent to an activating group) is 1. The molecule has 3 N–H and O–H groups in total. The number of nitrogens with two attached hydrogens (primary N) is 1. The van der Waals surface area contributed by atoms with Gasteiger partial charge in [0.25, 0.3) is 0 Å². The monoisotopic (exact) mass is 298 g/mol. The summed E-state index contributed by atoms with van der Waals surface area (Å²) in [6.45, 7) is 0.399. The molecule has 0 saturated heterocycles. The van der Waals surface area contributed by atoms with E-state index in [9.17, 15) is 8.42 Å². The van der Waals surface area contributed by atoms with Crippen LogP contribution >= 0.6 is 0 Å². The number of nitrogens with zero attached hydrogens (tertiary/aromatic N) is 2. The van der Waals surface area contributed by atoms with Gasteiger partial charge < -0.3 is 10.6 Å². The zero-order valence-electron chi connectivity index (χ0n) is 12.0. The Morgan fingerprint density at radius 2 is 2.05 bits per heavy atom. The predicted octanol–water partition coefficient (Wildman–Crippen LogP) is 0.817. The second kappa shape index (κ2) is 5.67. The van der Waals surface area contributed by atoms with Gasteiger partial charge in [0, 0.05) is 18.3 Å². The van der Waals surface area contributed by atoms with Crippen molar-refractivity contribution in [3.8, 4) is 0 Å². The highest BCUT2D eigenvalue weighted by atomic mass is 32.2. The molecule has 20 heavy (non-hydrogen) atoms. The smallest absolute Gasteiger partial charge is 0.244 e. The van der Waals surface area contributed by atoms with Crippen LogP contribution in [0.1, 0.15) is 25.7 Å². The van der Waals surface area contributed by atoms with Crippen LogP contribution in [0, 0.1) is 0 Å². The topological polar surface area (TPSA) is 88.3 Å². The van der Waals surface area contributed by atoms with Crippen LogP contribution in [0.25, 0.3) is 0 Å². The van der Waals surface area contributed by atoms with E-state index in [1.54, 1.807) is 6.07 Å². The number of hydrogen-bond acceptors (Lipinski definition) is 5. The number of hydrogen-bond donors (Lipinski definition) is 2. The molecule has 112 valence electrons. The summed E-state index contributed by atoms with van der Waals surface area (Å²) in [5.74, 6) is 0.0327. The van der Waals surface area contributed by atoms with Crippen molar-refractivity contribution in [2.45, 2.75) is 36.1 Å². The van der Waals surface area contributed by atoms with Crippen molar-refractivity contribution in [2.24, 2.45) is 0 Å². The zero-order chi connectivity index (χ0) is 14.8. The van der Waals surface area contributed by atoms with E-state index in [1.807, 2.05) is 14.1 Å². The van der Waals surface area contributed by atoms with E-state index in [-0.39, 0.29) is 16.3 Å². The van der Waals surface area contributed by atoms with E-state index in [0.717, 1.165) is 25.7 Å². The number of aromatic nitrogens is 1. The van der Waals surface area contributed by atoms with Crippen LogP contribution in [0.2, 0.25) is 0 Å². The van der Waals surface area contributed by atoms with Crippen molar-refractivity contribution < 1.29 is 8.42 Å². The Balaban J connectivity index is 2.15. The maximum Gasteiger partial charge on any atom is 0.244 e. The summed E-state index contributed by atoms with van der Waals surface area (Å²) in [5.41, 5.74) is 5.55. The van der Waals surface area contributed by atoms with Crippen molar-refractivity contribution in [3.05, 3.63) is 18.3 Å². The second-order valence-corrected chi connectivity index (χ2v) is 7.27. The largest absolute Gasteiger partial charge is 0.383 e. The van der Waals surface area contributed by atoms with Crippen LogP contribution in [0.15, 0.2) is 23.2 Å². The minimum Gasteiger partial charge on any atom is -0.383 e. The van der Waals surface area contributed by atoms with Crippen molar-refractivity contribution >= 4 is 15.8 Å². The molecule has 6 nitrogen and oxygen atoms in total. The molecular weight excluding hydrogens is 276 g/mol. The molecule has 1 aromatic rings. The first kappa shape index (κ1) is 15.2. The number of nitrogen functional groups attached to an aromatic ring is 1. The van der Waals surface area contributed by atoms with Gasteiger partial charge in [-0.2, -0.15) is 0 Å². The van der Waals surface area contributed by atoms with E-state index in [0.29, 0.717) is 6.54 Å². The van der Waals surface area contributed by atoms with Crippen LogP contribution in [-0.4, -0.2) is 44.5 Å². The van der Waals surface area contributed by atoms with E-state index in [2.05, 4.69) is 14.6 Å². The molecule has 1 heterocycles. The third kappa shape index (κ3) is 2.94. The average molecular weight is 298 g/mol. The first-order chi connectivity index (χ1) is 9.37. The molecule has 1 fully saturated rings. The van der Waals surface area contributed by atoms with Crippen LogP contribution in [0.3, 0.4) is 0 Å². The minimum atomic E-state index is -3.61. The van der Waals surface area contributed by atoms with E-state index < -0.39 is 10.0 Å². The zero-order valence-corrected chi connectivity index (χ0v) is 12.8. The molecule has 0 bridgehead atoms. The molecule has 0 aromatic carbocycles. The summed E-state index contributed by atoms with van der Waals surface area (Å²) in [6.07, 6.45) is 5.76. The number of pyridine rings is 1. The van der Waals surface area contributed by atoms with E-state index in [1.165, 1.54) is 12.3 Å². The van der Waals surface area contributed by atoms with Gasteiger partial charge in [-0.15, -0.1) is 0 Å². The maximum absolute atomic E-state index is 12.3. The summed E-state index contributed by atoms with van der Waals surface area (Å²) in [4.78, 5) is 5.99. The lowest BCUT2D eigenvalue weighted by Gasteiger charge is -2.36. The predicted molar refractivity (Wildman–Crippen MR) is 78.7 cm³/mol. The van der Waals surface area contributed by atoms with Gasteiger partial charge in [-0.05, 0) is 39.1 Å². The van der Waals surface area contributed by atoms with Gasteiger partial charge in [0.15, 0.2) is 0 Å². The van der Waals surface area contributed by atoms with Crippen LogP contribution in [-0.2, 0) is 10.0 Å². The van der Waals surface area contributed by atoms with Gasteiger partial charge in [0.1, 0.15) is 10.7 Å². The second-order valence-electron chi connectivity index (χ2n) is 5.54. The molecule has 0 amide bonds. The summed E-state index contributed by atoms with van der Waals surface area (Å²) < 4.78 is 27.3. The first-order valence-electron chi connectivity index (χ1n) is 6.75. The number of sulfonamides is 1. The van der Waals surface area contributed by atoms with Gasteiger partial charge in [-0.25, -0.2) is 18.1 Å². The van der Waals surface area contributed by atoms with Gasteiger partial charge in [-0.3, -0.25) is 0 Å². The molecule has 7 heteroatoms. The third-order valence-corrected chi connectivity index (χ3v) is 5.61. The quantitative estimate of drug-likeness (QED) is 0.840. The number of nitrogens with one attached hydrogen (secondary N) is 1. The fraction of sp³-hybridized carbons (Fsp3) is 0.615. The summed E-state index contributed by atoms with van der Waals surface area (Å²) in [7, 11) is 0.382. The maximum atomic E-state index is 12.3. The van der Waals surface area contributed by atoms with E-state index in [4.69, 9.17) is 5.73 Å². The van der Waals surface area contributed by atoms with Gasteiger partial charge in [-0.1, -0.05) is 12.8 Å². The van der Waals surface area contributed by atoms with Gasteiger partial charge in [0.2, 0.25) is 10.0 Å². The number of rotatable bonds is 5. The molecule has 1 saturated carbocycles. The third-order valence-electron chi connectivity index (χ3n) is 4.16. The Bertz CT molecular complexity index is 565. The molecule has 0 unspecified atom stereocenters. The lowest BCUT2D eigenvalue weighted by molar-refractivity contribution is 0.162. The highest BCUT2D eigenvalue weighted by molar-refractivity contribution is 7.89. The fourth-order valence-electron chi connectivity index (χ4n) is 2.75. The Morgan fingerprint density at radius 1 is 1.40 bits per heavy atom. The molecule has 0 aliphatic heterocycles. The SMILES string of the molecule is CN(C)C1(CNS(=O)(=O)c2cccnc2N)CCCC1. The van der Waals surface area contributed by atoms with Crippen molar-refractivity contribution in [3.63, 3.8) is 0 Å². The summed E-state index contributed by atoms with van der Waals surface area (Å²) in [5, 5.41) is 0. The Kier molecular flexibility index (Phi) is 4.31. The van der Waals surface area contributed by atoms with Crippen molar-refractivity contribution in [1.82, 2.24) is 14.6 Å². The molecule has 0 spiro atoms. The summed E-state index contributed by atoms with van der Waals surface area (Å²) in [6, 6.07) is 3.05. The minimum absolute atomic E-state index is 0.0327. The van der Waals surface area contributed by atoms with Gasteiger partial charge >= 0.3 is 0 Å². The highest BCUT2D eigenvalue weighted by Gasteiger charge is 2.37. The van der Waals surface area contributed by atoms with Crippen LogP contribution in [0.4, 0.5) is 5.82 Å². The molecule has 1 aromatic heterocycles. The molecule has 0 radical (unpaired) electrons. The molecular formula is C13H22N4O2S. The molecule has 1 aliphatic carbocycles. The lowest BCUT2D eigenvalue weighted by Crippen LogP contribution is -2.50. The van der Waals surface area contributed by atoms with Gasteiger partial charge in [0.05, 0.1) is 0 Å². The Hall–Kier alpha value is -1.18. The Labute approximate surface area is 120 Å². The standard InChI is InChI=1S/C13H22N4O2S/c1-17(2)13(7-3-4-8-13)10-16-20(18,19)11-6-5-9-15-12(11)14/h5-6,9,16H,3-4,7-8,10H2,1-2H3,(H2,14,15). The normalized spacial score (nSPS) is 18.6. The molecule has 2 rings (SSSR count).